The molecule has 2 heterocycles. The predicted molar refractivity (Wildman–Crippen MR) is 85.0 cm³/mol. The van der Waals surface area contributed by atoms with Crippen LogP contribution in [0.2, 0.25) is 0 Å². The molecule has 1 aliphatic heterocycles. The first-order valence-corrected chi connectivity index (χ1v) is 7.82. The number of nitrogens with one attached hydrogen (secondary N) is 2. The van der Waals surface area contributed by atoms with Gasteiger partial charge in [-0.25, -0.2) is 0 Å². The van der Waals surface area contributed by atoms with Crippen LogP contribution in [0.15, 0.2) is 6.07 Å². The van der Waals surface area contributed by atoms with Crippen molar-refractivity contribution in [2.45, 2.75) is 51.0 Å². The molecule has 1 aliphatic carbocycles. The minimum Gasteiger partial charge on any atom is -0.334 e. The highest BCUT2D eigenvalue weighted by Gasteiger charge is 2.25. The average molecular weight is 313 g/mol. The summed E-state index contributed by atoms with van der Waals surface area (Å²) in [5.41, 5.74) is 1.73. The van der Waals surface area contributed by atoms with Crippen LogP contribution in [0.3, 0.4) is 0 Å². The van der Waals surface area contributed by atoms with E-state index in [0.717, 1.165) is 25.3 Å². The van der Waals surface area contributed by atoms with Gasteiger partial charge in [0.05, 0.1) is 0 Å². The number of halogens is 1. The summed E-state index contributed by atoms with van der Waals surface area (Å²) >= 11 is 0. The molecule has 118 valence electrons. The number of aromatic nitrogens is 2. The number of hydrogen-bond donors (Lipinski definition) is 2. The maximum absolute atomic E-state index is 12.5. The maximum atomic E-state index is 12.5. The Hall–Kier alpha value is -1.07. The molecule has 0 unspecified atom stereocenters. The largest absolute Gasteiger partial charge is 0.334 e. The van der Waals surface area contributed by atoms with Crippen LogP contribution in [0, 0.1) is 0 Å². The summed E-state index contributed by atoms with van der Waals surface area (Å²) in [6.45, 7) is 4.52. The summed E-state index contributed by atoms with van der Waals surface area (Å²) in [7, 11) is 0. The van der Waals surface area contributed by atoms with Crippen LogP contribution in [-0.4, -0.2) is 46.7 Å². The third-order valence-electron chi connectivity index (χ3n) is 4.52. The molecule has 5 nitrogen and oxygen atoms in total. The first-order chi connectivity index (χ1) is 9.74. The first kappa shape index (κ1) is 16.3. The smallest absolute Gasteiger partial charge is 0.274 e. The van der Waals surface area contributed by atoms with Gasteiger partial charge in [-0.1, -0.05) is 19.3 Å². The highest BCUT2D eigenvalue weighted by molar-refractivity contribution is 5.92. The Bertz CT molecular complexity index is 470. The predicted octanol–water partition coefficient (Wildman–Crippen LogP) is 2.31. The highest BCUT2D eigenvalue weighted by atomic mass is 35.5. The van der Waals surface area contributed by atoms with E-state index in [2.05, 4.69) is 22.4 Å². The minimum absolute atomic E-state index is 0. The minimum atomic E-state index is 0. The molecule has 6 heteroatoms. The van der Waals surface area contributed by atoms with Gasteiger partial charge in [-0.2, -0.15) is 5.10 Å². The monoisotopic (exact) mass is 312 g/mol. The Labute approximate surface area is 132 Å². The van der Waals surface area contributed by atoms with Crippen LogP contribution >= 0.6 is 12.4 Å². The number of carbonyl (C=O) groups excluding carboxylic acids is 1. The molecule has 3 rings (SSSR count). The van der Waals surface area contributed by atoms with Crippen LogP contribution in [0.1, 0.15) is 61.1 Å². The van der Waals surface area contributed by atoms with Crippen molar-refractivity contribution in [2.75, 3.05) is 19.6 Å². The number of hydrogen-bond acceptors (Lipinski definition) is 3. The third-order valence-corrected chi connectivity index (χ3v) is 4.52. The molecule has 1 saturated carbocycles. The van der Waals surface area contributed by atoms with Crippen molar-refractivity contribution < 1.29 is 4.79 Å². The Kier molecular flexibility index (Phi) is 5.65. The third kappa shape index (κ3) is 3.77. The molecule has 2 fully saturated rings. The van der Waals surface area contributed by atoms with Crippen LogP contribution < -0.4 is 5.32 Å². The molecule has 1 amide bonds. The van der Waals surface area contributed by atoms with Gasteiger partial charge in [0.25, 0.3) is 5.91 Å². The number of carbonyl (C=O) groups is 1. The van der Waals surface area contributed by atoms with Gasteiger partial charge in [-0.05, 0) is 25.8 Å². The van der Waals surface area contributed by atoms with E-state index in [4.69, 9.17) is 0 Å². The summed E-state index contributed by atoms with van der Waals surface area (Å²) in [4.78, 5) is 14.4. The second kappa shape index (κ2) is 7.27. The molecular weight excluding hydrogens is 288 g/mol. The van der Waals surface area contributed by atoms with Gasteiger partial charge in [-0.3, -0.25) is 9.89 Å². The van der Waals surface area contributed by atoms with E-state index in [1.807, 2.05) is 11.0 Å². The Morgan fingerprint density at radius 1 is 1.33 bits per heavy atom. The van der Waals surface area contributed by atoms with Gasteiger partial charge < -0.3 is 10.2 Å². The van der Waals surface area contributed by atoms with Crippen LogP contribution in [0.5, 0.6) is 0 Å². The van der Waals surface area contributed by atoms with Crippen molar-refractivity contribution in [3.63, 3.8) is 0 Å². The summed E-state index contributed by atoms with van der Waals surface area (Å²) in [5.74, 6) is 0.636. The zero-order valence-corrected chi connectivity index (χ0v) is 13.4. The first-order valence-electron chi connectivity index (χ1n) is 7.82. The van der Waals surface area contributed by atoms with Gasteiger partial charge in [0.1, 0.15) is 5.69 Å². The number of amides is 1. The van der Waals surface area contributed by atoms with Crippen molar-refractivity contribution in [3.05, 3.63) is 17.5 Å². The fourth-order valence-corrected chi connectivity index (χ4v) is 3.35. The molecule has 2 aliphatic rings. The van der Waals surface area contributed by atoms with E-state index in [1.54, 1.807) is 0 Å². The van der Waals surface area contributed by atoms with Gasteiger partial charge in [-0.15, -0.1) is 12.4 Å². The van der Waals surface area contributed by atoms with Crippen molar-refractivity contribution in [1.82, 2.24) is 20.4 Å². The van der Waals surface area contributed by atoms with E-state index in [9.17, 15) is 4.79 Å². The normalized spacial score (nSPS) is 23.7. The van der Waals surface area contributed by atoms with E-state index in [1.165, 1.54) is 32.1 Å². The van der Waals surface area contributed by atoms with E-state index >= 15 is 0 Å². The average Bonchev–Trinajstić information content (AvgIpc) is 2.97. The van der Waals surface area contributed by atoms with Crippen LogP contribution in [0.25, 0.3) is 0 Å². The van der Waals surface area contributed by atoms with Gasteiger partial charge >= 0.3 is 0 Å². The molecule has 1 atom stereocenters. The Morgan fingerprint density at radius 2 is 2.10 bits per heavy atom. The zero-order chi connectivity index (χ0) is 13.9. The van der Waals surface area contributed by atoms with Gasteiger partial charge in [0, 0.05) is 37.3 Å². The van der Waals surface area contributed by atoms with E-state index in [-0.39, 0.29) is 18.3 Å². The lowest BCUT2D eigenvalue weighted by Crippen LogP contribution is -2.51. The lowest BCUT2D eigenvalue weighted by Gasteiger charge is -2.31. The second-order valence-electron chi connectivity index (χ2n) is 6.15. The quantitative estimate of drug-likeness (QED) is 0.881. The fourth-order valence-electron chi connectivity index (χ4n) is 3.35. The number of piperazine rings is 1. The Morgan fingerprint density at radius 3 is 2.81 bits per heavy atom. The van der Waals surface area contributed by atoms with Gasteiger partial charge in [0.15, 0.2) is 0 Å². The van der Waals surface area contributed by atoms with E-state index in [0.29, 0.717) is 17.7 Å². The van der Waals surface area contributed by atoms with Crippen LogP contribution in [0.4, 0.5) is 0 Å². The molecular formula is C15H25ClN4O. The highest BCUT2D eigenvalue weighted by Crippen LogP contribution is 2.31. The van der Waals surface area contributed by atoms with Crippen molar-refractivity contribution in [3.8, 4) is 0 Å². The lowest BCUT2D eigenvalue weighted by molar-refractivity contribution is 0.0703. The molecule has 1 aromatic heterocycles. The number of H-pyrrole nitrogens is 1. The van der Waals surface area contributed by atoms with Crippen molar-refractivity contribution in [1.29, 1.82) is 0 Å². The van der Waals surface area contributed by atoms with Gasteiger partial charge in [0.2, 0.25) is 0 Å². The Balaban J connectivity index is 0.00000161. The van der Waals surface area contributed by atoms with E-state index < -0.39 is 0 Å². The molecule has 1 aromatic rings. The lowest BCUT2D eigenvalue weighted by atomic mass is 9.87. The summed E-state index contributed by atoms with van der Waals surface area (Å²) in [5, 5.41) is 10.7. The SMILES string of the molecule is C[C@@H]1CN(C(=O)c2cc(C3CCCCC3)[nH]n2)CCN1.Cl. The standard InChI is InChI=1S/C15H24N4O.ClH/c1-11-10-19(8-7-16-11)15(20)14-9-13(17-18-14)12-5-3-2-4-6-12;/h9,11-12,16H,2-8,10H2,1H3,(H,17,18);1H/t11-;/m1./s1. The number of aromatic amines is 1. The second-order valence-corrected chi connectivity index (χ2v) is 6.15. The molecule has 0 radical (unpaired) electrons. The zero-order valence-electron chi connectivity index (χ0n) is 12.6. The molecule has 2 N–H and O–H groups in total. The molecule has 0 spiro atoms. The molecule has 21 heavy (non-hydrogen) atoms. The van der Waals surface area contributed by atoms with Crippen molar-refractivity contribution in [2.24, 2.45) is 0 Å². The van der Waals surface area contributed by atoms with Crippen LogP contribution in [-0.2, 0) is 0 Å². The number of rotatable bonds is 2. The summed E-state index contributed by atoms with van der Waals surface area (Å²) < 4.78 is 0. The topological polar surface area (TPSA) is 61.0 Å². The maximum Gasteiger partial charge on any atom is 0.274 e. The fraction of sp³-hybridized carbons (Fsp3) is 0.733. The molecule has 1 saturated heterocycles. The summed E-state index contributed by atoms with van der Waals surface area (Å²) in [6.07, 6.45) is 6.38. The molecule has 0 aromatic carbocycles. The molecule has 0 bridgehead atoms. The van der Waals surface area contributed by atoms with Crippen molar-refractivity contribution >= 4 is 18.3 Å². The summed E-state index contributed by atoms with van der Waals surface area (Å²) in [6, 6.07) is 2.34. The number of nitrogens with zero attached hydrogens (tertiary/aromatic N) is 2.